The van der Waals surface area contributed by atoms with E-state index in [1.807, 2.05) is 13.2 Å². The molecule has 2 aromatic rings. The number of aliphatic hydroxyl groups excluding tert-OH is 1. The Morgan fingerprint density at radius 3 is 2.71 bits per heavy atom. The Morgan fingerprint density at radius 2 is 2.05 bits per heavy atom. The molecular weight excluding hydrogens is 290 g/mol. The van der Waals surface area contributed by atoms with Crippen LogP contribution in [0.15, 0.2) is 36.7 Å². The SMILES string of the molecule is Cn1cc(CCNS(=O)(=O)Cc2cccc(CO)c2)cn1. The average molecular weight is 309 g/mol. The van der Waals surface area contributed by atoms with E-state index in [0.29, 0.717) is 24.1 Å². The number of hydrogen-bond acceptors (Lipinski definition) is 4. The quantitative estimate of drug-likeness (QED) is 0.783. The van der Waals surface area contributed by atoms with Gasteiger partial charge in [0.15, 0.2) is 0 Å². The van der Waals surface area contributed by atoms with Gasteiger partial charge in [0.05, 0.1) is 18.6 Å². The van der Waals surface area contributed by atoms with Gasteiger partial charge in [-0.25, -0.2) is 13.1 Å². The normalized spacial score (nSPS) is 11.7. The zero-order valence-corrected chi connectivity index (χ0v) is 12.7. The highest BCUT2D eigenvalue weighted by atomic mass is 32.2. The molecule has 0 unspecified atom stereocenters. The van der Waals surface area contributed by atoms with Gasteiger partial charge in [-0.2, -0.15) is 5.10 Å². The van der Waals surface area contributed by atoms with E-state index in [1.54, 1.807) is 35.1 Å². The number of aryl methyl sites for hydroxylation is 1. The van der Waals surface area contributed by atoms with Crippen molar-refractivity contribution >= 4 is 10.0 Å². The fourth-order valence-electron chi connectivity index (χ4n) is 2.04. The van der Waals surface area contributed by atoms with E-state index < -0.39 is 10.0 Å². The summed E-state index contributed by atoms with van der Waals surface area (Å²) in [5.74, 6) is -0.0894. The maximum absolute atomic E-state index is 12.0. The molecule has 0 radical (unpaired) electrons. The van der Waals surface area contributed by atoms with Crippen molar-refractivity contribution in [2.45, 2.75) is 18.8 Å². The van der Waals surface area contributed by atoms with Crippen LogP contribution in [0.4, 0.5) is 0 Å². The van der Waals surface area contributed by atoms with E-state index in [1.165, 1.54) is 0 Å². The van der Waals surface area contributed by atoms with Gasteiger partial charge in [-0.05, 0) is 23.1 Å². The second-order valence-corrected chi connectivity index (χ2v) is 6.71. The first-order chi connectivity index (χ1) is 9.98. The molecule has 2 N–H and O–H groups in total. The van der Waals surface area contributed by atoms with Crippen molar-refractivity contribution < 1.29 is 13.5 Å². The maximum Gasteiger partial charge on any atom is 0.215 e. The molecule has 0 spiro atoms. The lowest BCUT2D eigenvalue weighted by Crippen LogP contribution is -2.27. The smallest absolute Gasteiger partial charge is 0.215 e. The summed E-state index contributed by atoms with van der Waals surface area (Å²) in [6.45, 7) is 0.246. The molecule has 1 aromatic carbocycles. The first-order valence-corrected chi connectivity index (χ1v) is 8.27. The molecule has 1 heterocycles. The molecule has 0 atom stereocenters. The number of aliphatic hydroxyl groups is 1. The number of hydrogen-bond donors (Lipinski definition) is 2. The lowest BCUT2D eigenvalue weighted by Gasteiger charge is -2.07. The molecule has 0 saturated carbocycles. The van der Waals surface area contributed by atoms with Crippen molar-refractivity contribution in [3.63, 3.8) is 0 Å². The van der Waals surface area contributed by atoms with Gasteiger partial charge in [-0.1, -0.05) is 24.3 Å². The summed E-state index contributed by atoms with van der Waals surface area (Å²) in [7, 11) is -1.56. The molecule has 0 aliphatic heterocycles. The van der Waals surface area contributed by atoms with Crippen molar-refractivity contribution in [2.75, 3.05) is 6.54 Å². The van der Waals surface area contributed by atoms with E-state index in [0.717, 1.165) is 5.56 Å². The van der Waals surface area contributed by atoms with Gasteiger partial charge >= 0.3 is 0 Å². The van der Waals surface area contributed by atoms with Crippen LogP contribution in [0, 0.1) is 0 Å². The van der Waals surface area contributed by atoms with Crippen molar-refractivity contribution in [1.82, 2.24) is 14.5 Å². The number of rotatable bonds is 7. The molecule has 114 valence electrons. The number of aromatic nitrogens is 2. The molecule has 2 rings (SSSR count). The number of benzene rings is 1. The summed E-state index contributed by atoms with van der Waals surface area (Å²) in [5, 5.41) is 13.1. The minimum atomic E-state index is -3.38. The van der Waals surface area contributed by atoms with E-state index >= 15 is 0 Å². The predicted molar refractivity (Wildman–Crippen MR) is 79.9 cm³/mol. The Hall–Kier alpha value is -1.70. The van der Waals surface area contributed by atoms with E-state index in [4.69, 9.17) is 5.11 Å². The first kappa shape index (κ1) is 15.7. The first-order valence-electron chi connectivity index (χ1n) is 6.62. The summed E-state index contributed by atoms with van der Waals surface area (Å²) in [4.78, 5) is 0. The van der Waals surface area contributed by atoms with Gasteiger partial charge < -0.3 is 5.11 Å². The van der Waals surface area contributed by atoms with Gasteiger partial charge in [-0.15, -0.1) is 0 Å². The molecule has 0 aliphatic rings. The third-order valence-corrected chi connectivity index (χ3v) is 4.38. The van der Waals surface area contributed by atoms with Crippen molar-refractivity contribution in [3.05, 3.63) is 53.3 Å². The Morgan fingerprint density at radius 1 is 1.29 bits per heavy atom. The van der Waals surface area contributed by atoms with Crippen LogP contribution in [-0.4, -0.2) is 29.8 Å². The van der Waals surface area contributed by atoms with Crippen LogP contribution in [0.2, 0.25) is 0 Å². The molecule has 0 aliphatic carbocycles. The monoisotopic (exact) mass is 309 g/mol. The van der Waals surface area contributed by atoms with Gasteiger partial charge in [0.2, 0.25) is 10.0 Å². The molecule has 0 amide bonds. The van der Waals surface area contributed by atoms with E-state index in [2.05, 4.69) is 9.82 Å². The Labute approximate surface area is 124 Å². The fourth-order valence-corrected chi connectivity index (χ4v) is 3.17. The van der Waals surface area contributed by atoms with Crippen molar-refractivity contribution in [3.8, 4) is 0 Å². The maximum atomic E-state index is 12.0. The number of nitrogens with one attached hydrogen (secondary N) is 1. The van der Waals surface area contributed by atoms with Crippen LogP contribution < -0.4 is 4.72 Å². The van der Waals surface area contributed by atoms with Crippen LogP contribution in [0.1, 0.15) is 16.7 Å². The molecule has 21 heavy (non-hydrogen) atoms. The molecule has 0 bridgehead atoms. The summed E-state index contributed by atoms with van der Waals surface area (Å²) < 4.78 is 28.3. The zero-order valence-electron chi connectivity index (χ0n) is 11.9. The summed E-state index contributed by atoms with van der Waals surface area (Å²) in [5.41, 5.74) is 2.36. The Balaban J connectivity index is 1.89. The molecule has 1 aromatic heterocycles. The lowest BCUT2D eigenvalue weighted by molar-refractivity contribution is 0.282. The largest absolute Gasteiger partial charge is 0.392 e. The Kier molecular flexibility index (Phi) is 5.11. The summed E-state index contributed by atoms with van der Waals surface area (Å²) in [6.07, 6.45) is 4.18. The van der Waals surface area contributed by atoms with Crippen LogP contribution in [-0.2, 0) is 35.9 Å². The highest BCUT2D eigenvalue weighted by molar-refractivity contribution is 7.88. The third-order valence-electron chi connectivity index (χ3n) is 3.02. The summed E-state index contributed by atoms with van der Waals surface area (Å²) in [6, 6.07) is 6.93. The predicted octanol–water partition coefficient (Wildman–Crippen LogP) is 0.574. The van der Waals surface area contributed by atoms with E-state index in [-0.39, 0.29) is 12.4 Å². The van der Waals surface area contributed by atoms with Gasteiger partial charge in [0, 0.05) is 19.8 Å². The van der Waals surface area contributed by atoms with Gasteiger partial charge in [0.25, 0.3) is 0 Å². The van der Waals surface area contributed by atoms with Crippen molar-refractivity contribution in [2.24, 2.45) is 7.05 Å². The standard InChI is InChI=1S/C14H19N3O3S/c1-17-9-14(8-15-17)5-6-16-21(19,20)11-13-4-2-3-12(7-13)10-18/h2-4,7-9,16,18H,5-6,10-11H2,1H3. The average Bonchev–Trinajstić information content (AvgIpc) is 2.84. The van der Waals surface area contributed by atoms with Crippen LogP contribution >= 0.6 is 0 Å². The molecule has 7 heteroatoms. The third kappa shape index (κ3) is 4.96. The second-order valence-electron chi connectivity index (χ2n) is 4.90. The van der Waals surface area contributed by atoms with Crippen LogP contribution in [0.5, 0.6) is 0 Å². The highest BCUT2D eigenvalue weighted by Gasteiger charge is 2.11. The minimum absolute atomic E-state index is 0.0894. The number of sulfonamides is 1. The van der Waals surface area contributed by atoms with E-state index in [9.17, 15) is 8.42 Å². The summed E-state index contributed by atoms with van der Waals surface area (Å²) >= 11 is 0. The highest BCUT2D eigenvalue weighted by Crippen LogP contribution is 2.09. The van der Waals surface area contributed by atoms with Crippen LogP contribution in [0.25, 0.3) is 0 Å². The van der Waals surface area contributed by atoms with Crippen molar-refractivity contribution in [1.29, 1.82) is 0 Å². The lowest BCUT2D eigenvalue weighted by atomic mass is 10.1. The minimum Gasteiger partial charge on any atom is -0.392 e. The molecular formula is C14H19N3O3S. The van der Waals surface area contributed by atoms with Gasteiger partial charge in [-0.3, -0.25) is 4.68 Å². The second kappa shape index (κ2) is 6.84. The molecule has 0 saturated heterocycles. The Bertz CT molecular complexity index is 695. The zero-order chi connectivity index (χ0) is 15.3. The molecule has 6 nitrogen and oxygen atoms in total. The van der Waals surface area contributed by atoms with Crippen LogP contribution in [0.3, 0.4) is 0 Å². The van der Waals surface area contributed by atoms with Gasteiger partial charge in [0.1, 0.15) is 0 Å². The topological polar surface area (TPSA) is 84.2 Å². The number of nitrogens with zero attached hydrogens (tertiary/aromatic N) is 2. The molecule has 0 fully saturated rings. The fraction of sp³-hybridized carbons (Fsp3) is 0.357.